The van der Waals surface area contributed by atoms with Crippen LogP contribution in [0.25, 0.3) is 11.4 Å². The Kier molecular flexibility index (Phi) is 2.00. The van der Waals surface area contributed by atoms with Gasteiger partial charge in [-0.15, -0.1) is 5.10 Å². The molecule has 0 atom stereocenters. The zero-order valence-electron chi connectivity index (χ0n) is 7.31. The van der Waals surface area contributed by atoms with Gasteiger partial charge in [0.25, 0.3) is 0 Å². The molecule has 0 fully saturated rings. The maximum Gasteiger partial charge on any atom is 0.181 e. The molecule has 1 aromatic carbocycles. The van der Waals surface area contributed by atoms with Crippen LogP contribution in [0.15, 0.2) is 36.7 Å². The van der Waals surface area contributed by atoms with E-state index in [2.05, 4.69) is 15.2 Å². The summed E-state index contributed by atoms with van der Waals surface area (Å²) in [4.78, 5) is 4.12. The molecule has 0 aliphatic heterocycles. The van der Waals surface area contributed by atoms with Crippen molar-refractivity contribution in [1.82, 2.24) is 15.2 Å². The van der Waals surface area contributed by atoms with Crippen LogP contribution < -0.4 is 0 Å². The van der Waals surface area contributed by atoms with E-state index in [-0.39, 0.29) is 0 Å². The fourth-order valence-electron chi connectivity index (χ4n) is 1.16. The lowest BCUT2D eigenvalue weighted by Gasteiger charge is -1.98. The second-order valence-corrected chi connectivity index (χ2v) is 2.84. The normalized spacial score (nSPS) is 9.92. The minimum Gasteiger partial charge on any atom is -0.233 e. The summed E-state index contributed by atoms with van der Waals surface area (Å²) < 4.78 is 0. The van der Waals surface area contributed by atoms with Crippen molar-refractivity contribution in [2.24, 2.45) is 0 Å². The van der Waals surface area contributed by atoms with Gasteiger partial charge in [-0.05, 0) is 13.0 Å². The van der Waals surface area contributed by atoms with Gasteiger partial charge in [0.1, 0.15) is 0 Å². The minimum absolute atomic E-state index is 0.672. The lowest BCUT2D eigenvalue weighted by atomic mass is 10.1. The van der Waals surface area contributed by atoms with Crippen molar-refractivity contribution in [3.8, 4) is 11.4 Å². The molecule has 3 heteroatoms. The molecule has 64 valence electrons. The Labute approximate surface area is 76.5 Å². The largest absolute Gasteiger partial charge is 0.233 e. The van der Waals surface area contributed by atoms with Crippen molar-refractivity contribution in [3.05, 3.63) is 42.2 Å². The van der Waals surface area contributed by atoms with E-state index < -0.39 is 0 Å². The van der Waals surface area contributed by atoms with Crippen LogP contribution in [-0.2, 0) is 0 Å². The molecule has 0 spiro atoms. The Hall–Kier alpha value is -1.77. The van der Waals surface area contributed by atoms with E-state index in [4.69, 9.17) is 0 Å². The first-order valence-corrected chi connectivity index (χ1v) is 4.07. The summed E-state index contributed by atoms with van der Waals surface area (Å²) in [5, 5.41) is 7.71. The molecule has 0 aliphatic rings. The SMILES string of the molecule is Cc1cccc(-c2nccnn2)c1. The van der Waals surface area contributed by atoms with Crippen molar-refractivity contribution in [3.63, 3.8) is 0 Å². The molecule has 0 aliphatic carbocycles. The topological polar surface area (TPSA) is 38.7 Å². The van der Waals surface area contributed by atoms with Gasteiger partial charge in [0, 0.05) is 11.8 Å². The van der Waals surface area contributed by atoms with Crippen molar-refractivity contribution < 1.29 is 0 Å². The van der Waals surface area contributed by atoms with Crippen molar-refractivity contribution in [1.29, 1.82) is 0 Å². The number of hydrogen-bond acceptors (Lipinski definition) is 3. The minimum atomic E-state index is 0.672. The lowest BCUT2D eigenvalue weighted by Crippen LogP contribution is -1.89. The smallest absolute Gasteiger partial charge is 0.181 e. The monoisotopic (exact) mass is 171 g/mol. The van der Waals surface area contributed by atoms with Gasteiger partial charge in [-0.2, -0.15) is 5.10 Å². The molecule has 0 N–H and O–H groups in total. The molecule has 2 aromatic rings. The van der Waals surface area contributed by atoms with Crippen LogP contribution in [0.4, 0.5) is 0 Å². The summed E-state index contributed by atoms with van der Waals surface area (Å²) in [6, 6.07) is 8.04. The molecule has 0 saturated carbocycles. The standard InChI is InChI=1S/C10H9N3/c1-8-3-2-4-9(7-8)10-11-5-6-12-13-10/h2-7H,1H3. The number of aromatic nitrogens is 3. The maximum absolute atomic E-state index is 4.12. The third-order valence-electron chi connectivity index (χ3n) is 1.76. The van der Waals surface area contributed by atoms with E-state index in [1.807, 2.05) is 31.2 Å². The summed E-state index contributed by atoms with van der Waals surface area (Å²) in [5.41, 5.74) is 2.21. The summed E-state index contributed by atoms with van der Waals surface area (Å²) in [6.07, 6.45) is 3.21. The highest BCUT2D eigenvalue weighted by atomic mass is 15.1. The zero-order valence-corrected chi connectivity index (χ0v) is 7.31. The van der Waals surface area contributed by atoms with Crippen LogP contribution in [0.5, 0.6) is 0 Å². The fraction of sp³-hybridized carbons (Fsp3) is 0.100. The van der Waals surface area contributed by atoms with Gasteiger partial charge < -0.3 is 0 Å². The molecule has 1 heterocycles. The zero-order chi connectivity index (χ0) is 9.10. The Morgan fingerprint density at radius 3 is 2.77 bits per heavy atom. The quantitative estimate of drug-likeness (QED) is 0.657. The summed E-state index contributed by atoms with van der Waals surface area (Å²) in [7, 11) is 0. The van der Waals surface area contributed by atoms with Gasteiger partial charge in [-0.1, -0.05) is 23.8 Å². The van der Waals surface area contributed by atoms with E-state index in [0.29, 0.717) is 5.82 Å². The molecule has 0 bridgehead atoms. The first-order chi connectivity index (χ1) is 6.36. The van der Waals surface area contributed by atoms with Crippen molar-refractivity contribution in [2.45, 2.75) is 6.92 Å². The molecule has 0 amide bonds. The highest BCUT2D eigenvalue weighted by Crippen LogP contribution is 2.13. The first-order valence-electron chi connectivity index (χ1n) is 4.07. The summed E-state index contributed by atoms with van der Waals surface area (Å²) in [5.74, 6) is 0.672. The predicted octanol–water partition coefficient (Wildman–Crippen LogP) is 1.85. The highest BCUT2D eigenvalue weighted by molar-refractivity contribution is 5.54. The van der Waals surface area contributed by atoms with E-state index in [9.17, 15) is 0 Å². The van der Waals surface area contributed by atoms with Crippen molar-refractivity contribution in [2.75, 3.05) is 0 Å². The van der Waals surface area contributed by atoms with E-state index in [1.54, 1.807) is 12.4 Å². The highest BCUT2D eigenvalue weighted by Gasteiger charge is 1.98. The Balaban J connectivity index is 2.48. The Morgan fingerprint density at radius 2 is 2.08 bits per heavy atom. The van der Waals surface area contributed by atoms with Gasteiger partial charge in [0.05, 0.1) is 6.20 Å². The van der Waals surface area contributed by atoms with E-state index in [0.717, 1.165) is 5.56 Å². The number of aryl methyl sites for hydroxylation is 1. The molecule has 0 unspecified atom stereocenters. The number of rotatable bonds is 1. The van der Waals surface area contributed by atoms with Gasteiger partial charge in [0.15, 0.2) is 5.82 Å². The van der Waals surface area contributed by atoms with Gasteiger partial charge >= 0.3 is 0 Å². The van der Waals surface area contributed by atoms with Crippen LogP contribution >= 0.6 is 0 Å². The summed E-state index contributed by atoms with van der Waals surface area (Å²) >= 11 is 0. The second-order valence-electron chi connectivity index (χ2n) is 2.84. The molecule has 13 heavy (non-hydrogen) atoms. The molecular formula is C10H9N3. The first kappa shape index (κ1) is 7.86. The molecule has 0 radical (unpaired) electrons. The van der Waals surface area contributed by atoms with Gasteiger partial charge in [-0.25, -0.2) is 4.98 Å². The van der Waals surface area contributed by atoms with Crippen LogP contribution in [0.1, 0.15) is 5.56 Å². The fourth-order valence-corrected chi connectivity index (χ4v) is 1.16. The van der Waals surface area contributed by atoms with Crippen LogP contribution in [0.2, 0.25) is 0 Å². The molecule has 0 saturated heterocycles. The van der Waals surface area contributed by atoms with Crippen LogP contribution in [0, 0.1) is 6.92 Å². The van der Waals surface area contributed by atoms with Crippen LogP contribution in [-0.4, -0.2) is 15.2 Å². The predicted molar refractivity (Wildman–Crippen MR) is 50.0 cm³/mol. The second kappa shape index (κ2) is 3.31. The van der Waals surface area contributed by atoms with Gasteiger partial charge in [0.2, 0.25) is 0 Å². The van der Waals surface area contributed by atoms with E-state index >= 15 is 0 Å². The average molecular weight is 171 g/mol. The number of benzene rings is 1. The third-order valence-corrected chi connectivity index (χ3v) is 1.76. The number of hydrogen-bond donors (Lipinski definition) is 0. The van der Waals surface area contributed by atoms with Gasteiger partial charge in [-0.3, -0.25) is 0 Å². The molecular weight excluding hydrogens is 162 g/mol. The Morgan fingerprint density at radius 1 is 1.15 bits per heavy atom. The Bertz CT molecular complexity index is 398. The molecule has 3 nitrogen and oxygen atoms in total. The average Bonchev–Trinajstić information content (AvgIpc) is 2.19. The van der Waals surface area contributed by atoms with Crippen molar-refractivity contribution >= 4 is 0 Å². The molecule has 1 aromatic heterocycles. The van der Waals surface area contributed by atoms with Crippen LogP contribution in [0.3, 0.4) is 0 Å². The van der Waals surface area contributed by atoms with E-state index in [1.165, 1.54) is 5.56 Å². The number of nitrogens with zero attached hydrogens (tertiary/aromatic N) is 3. The lowest BCUT2D eigenvalue weighted by molar-refractivity contribution is 0.979. The molecule has 2 rings (SSSR count). The summed E-state index contributed by atoms with van der Waals surface area (Å²) in [6.45, 7) is 2.04. The third kappa shape index (κ3) is 1.69. The maximum atomic E-state index is 4.12.